The van der Waals surface area contributed by atoms with E-state index in [2.05, 4.69) is 34.6 Å². The zero-order valence-corrected chi connectivity index (χ0v) is 15.0. The molecule has 2 N–H and O–H groups in total. The molecule has 0 heterocycles. The third-order valence-electron chi connectivity index (χ3n) is 4.82. The van der Waals surface area contributed by atoms with E-state index in [0.29, 0.717) is 0 Å². The fraction of sp³-hybridized carbons (Fsp3) is 1.00. The summed E-state index contributed by atoms with van der Waals surface area (Å²) in [6.45, 7) is 12.8. The first-order chi connectivity index (χ1) is 9.54. The molecule has 122 valence electrons. The molecule has 0 fully saturated rings. The maximum atomic E-state index is 5.66. The molecule has 0 bridgehead atoms. The third-order valence-corrected chi connectivity index (χ3v) is 4.82. The maximum absolute atomic E-state index is 5.66. The average Bonchev–Trinajstić information content (AvgIpc) is 2.38. The van der Waals surface area contributed by atoms with E-state index in [0.717, 1.165) is 30.2 Å². The van der Waals surface area contributed by atoms with Gasteiger partial charge in [0.2, 0.25) is 0 Å². The Morgan fingerprint density at radius 2 is 1.45 bits per heavy atom. The Kier molecular flexibility index (Phi) is 12.7. The lowest BCUT2D eigenvalue weighted by Crippen LogP contribution is -2.17. The van der Waals surface area contributed by atoms with Gasteiger partial charge in [-0.3, -0.25) is 0 Å². The summed E-state index contributed by atoms with van der Waals surface area (Å²) in [7, 11) is 0. The Morgan fingerprint density at radius 1 is 0.800 bits per heavy atom. The molecule has 0 aromatic carbocycles. The van der Waals surface area contributed by atoms with Crippen LogP contribution < -0.4 is 5.73 Å². The molecule has 0 aliphatic rings. The summed E-state index contributed by atoms with van der Waals surface area (Å²) in [6.07, 6.45) is 12.3. The Bertz CT molecular complexity index is 200. The van der Waals surface area contributed by atoms with Crippen molar-refractivity contribution in [1.82, 2.24) is 0 Å². The molecule has 0 radical (unpaired) electrons. The van der Waals surface area contributed by atoms with Crippen LogP contribution in [-0.4, -0.2) is 6.54 Å². The van der Waals surface area contributed by atoms with Crippen LogP contribution in [-0.2, 0) is 0 Å². The summed E-state index contributed by atoms with van der Waals surface area (Å²) < 4.78 is 0. The van der Waals surface area contributed by atoms with E-state index < -0.39 is 0 Å². The molecule has 0 aromatic heterocycles. The molecule has 0 saturated heterocycles. The first-order valence-electron chi connectivity index (χ1n) is 9.25. The van der Waals surface area contributed by atoms with Crippen molar-refractivity contribution in [3.05, 3.63) is 0 Å². The predicted octanol–water partition coefficient (Wildman–Crippen LogP) is 6.02. The van der Waals surface area contributed by atoms with Crippen LogP contribution >= 0.6 is 0 Å². The summed E-state index contributed by atoms with van der Waals surface area (Å²) >= 11 is 0. The molecule has 1 heteroatoms. The van der Waals surface area contributed by atoms with Crippen molar-refractivity contribution < 1.29 is 0 Å². The van der Waals surface area contributed by atoms with Gasteiger partial charge in [-0.15, -0.1) is 0 Å². The highest BCUT2D eigenvalue weighted by molar-refractivity contribution is 4.71. The lowest BCUT2D eigenvalue weighted by Gasteiger charge is -2.28. The molecule has 3 atom stereocenters. The standard InChI is InChI=1S/C19H41N/c1-6-10-17(5)14-18(12-8-9-13-20)15-19(11-7-2)16(3)4/h16-19H,6-15,20H2,1-5H3. The third kappa shape index (κ3) is 9.80. The van der Waals surface area contributed by atoms with E-state index in [1.54, 1.807) is 0 Å². The fourth-order valence-corrected chi connectivity index (χ4v) is 3.61. The largest absolute Gasteiger partial charge is 0.330 e. The van der Waals surface area contributed by atoms with Gasteiger partial charge in [-0.25, -0.2) is 0 Å². The van der Waals surface area contributed by atoms with Gasteiger partial charge in [0.05, 0.1) is 0 Å². The molecule has 0 rings (SSSR count). The van der Waals surface area contributed by atoms with Gasteiger partial charge in [-0.05, 0) is 49.5 Å². The fourth-order valence-electron chi connectivity index (χ4n) is 3.61. The quantitative estimate of drug-likeness (QED) is 0.411. The van der Waals surface area contributed by atoms with Gasteiger partial charge in [0, 0.05) is 0 Å². The summed E-state index contributed by atoms with van der Waals surface area (Å²) in [5.41, 5.74) is 5.66. The van der Waals surface area contributed by atoms with Gasteiger partial charge in [-0.2, -0.15) is 0 Å². The Labute approximate surface area is 129 Å². The summed E-state index contributed by atoms with van der Waals surface area (Å²) in [5, 5.41) is 0. The van der Waals surface area contributed by atoms with E-state index in [4.69, 9.17) is 5.73 Å². The minimum atomic E-state index is 0.841. The topological polar surface area (TPSA) is 26.0 Å². The molecule has 0 saturated carbocycles. The highest BCUT2D eigenvalue weighted by Gasteiger charge is 2.20. The second-order valence-corrected chi connectivity index (χ2v) is 7.31. The molecular weight excluding hydrogens is 242 g/mol. The zero-order valence-electron chi connectivity index (χ0n) is 15.0. The highest BCUT2D eigenvalue weighted by Crippen LogP contribution is 2.32. The minimum Gasteiger partial charge on any atom is -0.330 e. The van der Waals surface area contributed by atoms with Crippen LogP contribution in [0.5, 0.6) is 0 Å². The summed E-state index contributed by atoms with van der Waals surface area (Å²) in [4.78, 5) is 0. The SMILES string of the molecule is CCCC(C)CC(CCCCN)CC(CCC)C(C)C. The van der Waals surface area contributed by atoms with Crippen molar-refractivity contribution in [3.63, 3.8) is 0 Å². The normalized spacial score (nSPS) is 16.4. The highest BCUT2D eigenvalue weighted by atomic mass is 14.5. The van der Waals surface area contributed by atoms with Crippen molar-refractivity contribution in [2.75, 3.05) is 6.54 Å². The van der Waals surface area contributed by atoms with Crippen molar-refractivity contribution in [1.29, 1.82) is 0 Å². The number of rotatable bonds is 13. The van der Waals surface area contributed by atoms with E-state index in [1.165, 1.54) is 57.8 Å². The van der Waals surface area contributed by atoms with Crippen LogP contribution in [0.3, 0.4) is 0 Å². The second kappa shape index (κ2) is 12.7. The van der Waals surface area contributed by atoms with Crippen molar-refractivity contribution >= 4 is 0 Å². The number of unbranched alkanes of at least 4 members (excludes halogenated alkanes) is 1. The second-order valence-electron chi connectivity index (χ2n) is 7.31. The maximum Gasteiger partial charge on any atom is -0.00773 e. The van der Waals surface area contributed by atoms with Gasteiger partial charge >= 0.3 is 0 Å². The first kappa shape index (κ1) is 20.0. The average molecular weight is 284 g/mol. The van der Waals surface area contributed by atoms with Crippen molar-refractivity contribution in [3.8, 4) is 0 Å². The van der Waals surface area contributed by atoms with Crippen LogP contribution in [0.4, 0.5) is 0 Å². The van der Waals surface area contributed by atoms with Crippen LogP contribution in [0.25, 0.3) is 0 Å². The molecule has 20 heavy (non-hydrogen) atoms. The minimum absolute atomic E-state index is 0.841. The first-order valence-corrected chi connectivity index (χ1v) is 9.25. The van der Waals surface area contributed by atoms with E-state index in [9.17, 15) is 0 Å². The Hall–Kier alpha value is -0.0400. The van der Waals surface area contributed by atoms with Gasteiger partial charge in [0.15, 0.2) is 0 Å². The number of nitrogens with two attached hydrogens (primary N) is 1. The Morgan fingerprint density at radius 3 is 1.95 bits per heavy atom. The van der Waals surface area contributed by atoms with E-state index in [1.807, 2.05) is 0 Å². The molecular formula is C19H41N. The number of hydrogen-bond donors (Lipinski definition) is 1. The number of hydrogen-bond acceptors (Lipinski definition) is 1. The lowest BCUT2D eigenvalue weighted by molar-refractivity contribution is 0.235. The summed E-state index contributed by atoms with van der Waals surface area (Å²) in [5.74, 6) is 3.60. The van der Waals surface area contributed by atoms with E-state index in [-0.39, 0.29) is 0 Å². The molecule has 0 amide bonds. The van der Waals surface area contributed by atoms with Crippen LogP contribution in [0, 0.1) is 23.7 Å². The molecule has 0 aromatic rings. The molecule has 1 nitrogen and oxygen atoms in total. The van der Waals surface area contributed by atoms with Crippen LogP contribution in [0.1, 0.15) is 92.4 Å². The zero-order chi connectivity index (χ0) is 15.4. The van der Waals surface area contributed by atoms with Crippen LogP contribution in [0.2, 0.25) is 0 Å². The van der Waals surface area contributed by atoms with Gasteiger partial charge in [-0.1, -0.05) is 73.1 Å². The van der Waals surface area contributed by atoms with Gasteiger partial charge in [0.25, 0.3) is 0 Å². The smallest absolute Gasteiger partial charge is 0.00773 e. The van der Waals surface area contributed by atoms with Gasteiger partial charge in [0.1, 0.15) is 0 Å². The molecule has 0 spiro atoms. The lowest BCUT2D eigenvalue weighted by atomic mass is 9.78. The van der Waals surface area contributed by atoms with E-state index >= 15 is 0 Å². The van der Waals surface area contributed by atoms with Gasteiger partial charge < -0.3 is 5.73 Å². The van der Waals surface area contributed by atoms with Crippen molar-refractivity contribution in [2.24, 2.45) is 29.4 Å². The van der Waals surface area contributed by atoms with Crippen LogP contribution in [0.15, 0.2) is 0 Å². The Balaban J connectivity index is 4.39. The molecule has 0 aliphatic heterocycles. The monoisotopic (exact) mass is 283 g/mol. The predicted molar refractivity (Wildman–Crippen MR) is 92.9 cm³/mol. The summed E-state index contributed by atoms with van der Waals surface area (Å²) in [6, 6.07) is 0. The molecule has 3 unspecified atom stereocenters. The molecule has 0 aliphatic carbocycles. The van der Waals surface area contributed by atoms with Crippen molar-refractivity contribution in [2.45, 2.75) is 92.4 Å².